The zero-order chi connectivity index (χ0) is 26.7. The average Bonchev–Trinajstić information content (AvgIpc) is 3.30. The summed E-state index contributed by atoms with van der Waals surface area (Å²) in [5.74, 6) is 0.252. The zero-order valence-corrected chi connectivity index (χ0v) is 24.5. The molecule has 1 aromatic heterocycles. The van der Waals surface area contributed by atoms with Gasteiger partial charge in [0, 0.05) is 24.3 Å². The number of hydrogen-bond donors (Lipinski definition) is 1. The van der Waals surface area contributed by atoms with Crippen LogP contribution in [0.25, 0.3) is 10.2 Å². The molecule has 0 aliphatic rings. The summed E-state index contributed by atoms with van der Waals surface area (Å²) in [6, 6.07) is 16.5. The van der Waals surface area contributed by atoms with Crippen LogP contribution in [0.4, 0.5) is 10.8 Å². The van der Waals surface area contributed by atoms with Crippen LogP contribution in [0, 0.1) is 6.92 Å². The van der Waals surface area contributed by atoms with Gasteiger partial charge in [-0.05, 0) is 63.5 Å². The number of nitrogens with zero attached hydrogens (tertiary/aromatic N) is 3. The van der Waals surface area contributed by atoms with Crippen LogP contribution in [-0.2, 0) is 10.0 Å². The predicted molar refractivity (Wildman–Crippen MR) is 157 cm³/mol. The van der Waals surface area contributed by atoms with E-state index < -0.39 is 10.0 Å². The molecule has 0 saturated carbocycles. The number of fused-ring (bicyclic) bond motifs is 1. The highest BCUT2D eigenvalue weighted by Crippen LogP contribution is 2.39. The van der Waals surface area contributed by atoms with Gasteiger partial charge < -0.3 is 9.64 Å². The second-order valence-corrected chi connectivity index (χ2v) is 11.8. The Morgan fingerprint density at radius 3 is 2.45 bits per heavy atom. The molecule has 0 bridgehead atoms. The van der Waals surface area contributed by atoms with Crippen molar-refractivity contribution in [2.45, 2.75) is 11.8 Å². The molecule has 0 saturated heterocycles. The van der Waals surface area contributed by atoms with Gasteiger partial charge in [-0.3, -0.25) is 14.4 Å². The Kier molecular flexibility index (Phi) is 9.61. The fraction of sp³-hybridized carbons (Fsp3) is 0.231. The van der Waals surface area contributed by atoms with Gasteiger partial charge in [-0.25, -0.2) is 13.4 Å². The smallest absolute Gasteiger partial charge is 0.261 e. The molecular formula is C26H28Cl2N4O4S2. The van der Waals surface area contributed by atoms with Crippen molar-refractivity contribution in [3.63, 3.8) is 0 Å². The van der Waals surface area contributed by atoms with E-state index in [1.54, 1.807) is 66.6 Å². The van der Waals surface area contributed by atoms with Gasteiger partial charge in [0.25, 0.3) is 15.9 Å². The molecular weight excluding hydrogens is 567 g/mol. The number of hydrogen-bond acceptors (Lipinski definition) is 7. The molecule has 1 N–H and O–H groups in total. The highest BCUT2D eigenvalue weighted by atomic mass is 35.5. The first-order valence-electron chi connectivity index (χ1n) is 11.4. The number of aryl methyl sites for hydroxylation is 1. The number of likely N-dealkylation sites (N-methyl/N-ethyl adjacent to an activating group) is 1. The number of aromatic nitrogens is 1. The van der Waals surface area contributed by atoms with E-state index in [9.17, 15) is 13.2 Å². The number of ether oxygens (including phenoxy) is 1. The molecule has 4 aromatic rings. The Hall–Kier alpha value is -2.89. The normalized spacial score (nSPS) is 11.3. The maximum absolute atomic E-state index is 13.7. The van der Waals surface area contributed by atoms with Crippen LogP contribution in [0.5, 0.6) is 5.75 Å². The summed E-state index contributed by atoms with van der Waals surface area (Å²) in [6.45, 7) is 2.84. The molecule has 8 nitrogen and oxygen atoms in total. The van der Waals surface area contributed by atoms with Crippen molar-refractivity contribution in [2.24, 2.45) is 0 Å². The van der Waals surface area contributed by atoms with Gasteiger partial charge in [-0.15, -0.1) is 12.4 Å². The van der Waals surface area contributed by atoms with E-state index >= 15 is 0 Å². The monoisotopic (exact) mass is 594 g/mol. The molecule has 12 heteroatoms. The molecule has 1 amide bonds. The van der Waals surface area contributed by atoms with Crippen LogP contribution in [0.1, 0.15) is 15.9 Å². The van der Waals surface area contributed by atoms with Gasteiger partial charge in [0.2, 0.25) is 0 Å². The second kappa shape index (κ2) is 12.3. The van der Waals surface area contributed by atoms with E-state index in [1.807, 2.05) is 25.9 Å². The molecule has 0 atom stereocenters. The van der Waals surface area contributed by atoms with Crippen molar-refractivity contribution in [1.82, 2.24) is 9.88 Å². The quantitative estimate of drug-likeness (QED) is 0.267. The zero-order valence-electron chi connectivity index (χ0n) is 21.3. The summed E-state index contributed by atoms with van der Waals surface area (Å²) in [5.41, 5.74) is 2.14. The van der Waals surface area contributed by atoms with Crippen molar-refractivity contribution >= 4 is 72.3 Å². The highest BCUT2D eigenvalue weighted by molar-refractivity contribution is 7.92. The lowest BCUT2D eigenvalue weighted by atomic mass is 10.2. The number of carbonyl (C=O) groups excluding carboxylic acids is 1. The second-order valence-electron chi connectivity index (χ2n) is 8.68. The third-order valence-corrected chi connectivity index (χ3v) is 8.54. The van der Waals surface area contributed by atoms with Gasteiger partial charge >= 0.3 is 0 Å². The lowest BCUT2D eigenvalue weighted by molar-refractivity contribution is 0.0985. The van der Waals surface area contributed by atoms with Crippen LogP contribution in [0.3, 0.4) is 0 Å². The Labute approximate surface area is 237 Å². The van der Waals surface area contributed by atoms with Crippen LogP contribution >= 0.6 is 35.3 Å². The van der Waals surface area contributed by atoms with E-state index in [0.717, 1.165) is 10.3 Å². The van der Waals surface area contributed by atoms with Gasteiger partial charge in [-0.1, -0.05) is 46.7 Å². The van der Waals surface area contributed by atoms with E-state index in [0.29, 0.717) is 40.1 Å². The van der Waals surface area contributed by atoms with Crippen molar-refractivity contribution in [3.8, 4) is 5.75 Å². The minimum absolute atomic E-state index is 0. The summed E-state index contributed by atoms with van der Waals surface area (Å²) in [4.78, 5) is 22.1. The lowest BCUT2D eigenvalue weighted by Crippen LogP contribution is -2.36. The topological polar surface area (TPSA) is 91.8 Å². The fourth-order valence-electron chi connectivity index (χ4n) is 3.61. The Morgan fingerprint density at radius 1 is 1.08 bits per heavy atom. The summed E-state index contributed by atoms with van der Waals surface area (Å²) >= 11 is 7.71. The first-order valence-corrected chi connectivity index (χ1v) is 14.1. The molecule has 0 spiro atoms. The number of benzene rings is 3. The van der Waals surface area contributed by atoms with Crippen molar-refractivity contribution in [2.75, 3.05) is 43.9 Å². The summed E-state index contributed by atoms with van der Waals surface area (Å²) in [6.07, 6.45) is 0. The SMILES string of the molecule is COc1ccc(Cl)c2sc(N(CCN(C)C)C(=O)c3cccc(NS(=O)(=O)c4ccc(C)cc4)c3)nc12.Cl. The van der Waals surface area contributed by atoms with E-state index in [2.05, 4.69) is 9.71 Å². The van der Waals surface area contributed by atoms with E-state index in [-0.39, 0.29) is 28.9 Å². The molecule has 0 fully saturated rings. The Morgan fingerprint density at radius 2 is 1.79 bits per heavy atom. The van der Waals surface area contributed by atoms with Crippen molar-refractivity contribution in [1.29, 1.82) is 0 Å². The molecule has 4 rings (SSSR count). The fourth-order valence-corrected chi connectivity index (χ4v) is 5.94. The number of halogens is 2. The first-order chi connectivity index (χ1) is 17.6. The van der Waals surface area contributed by atoms with Gasteiger partial charge in [0.05, 0.1) is 21.7 Å². The van der Waals surface area contributed by atoms with Crippen LogP contribution in [0.2, 0.25) is 5.02 Å². The minimum Gasteiger partial charge on any atom is -0.494 e. The highest BCUT2D eigenvalue weighted by Gasteiger charge is 2.24. The number of carbonyl (C=O) groups is 1. The van der Waals surface area contributed by atoms with Crippen LogP contribution in [0.15, 0.2) is 65.6 Å². The number of amides is 1. The summed E-state index contributed by atoms with van der Waals surface area (Å²) in [7, 11) is 1.57. The van der Waals surface area contributed by atoms with Gasteiger partial charge in [0.15, 0.2) is 5.13 Å². The Balaban J connectivity index is 0.00000400. The molecule has 202 valence electrons. The summed E-state index contributed by atoms with van der Waals surface area (Å²) in [5, 5.41) is 0.992. The predicted octanol–water partition coefficient (Wildman–Crippen LogP) is 5.70. The molecule has 1 heterocycles. The molecule has 3 aromatic carbocycles. The first kappa shape index (κ1) is 29.7. The van der Waals surface area contributed by atoms with Gasteiger partial charge in [-0.2, -0.15) is 0 Å². The lowest BCUT2D eigenvalue weighted by Gasteiger charge is -2.22. The average molecular weight is 596 g/mol. The largest absolute Gasteiger partial charge is 0.494 e. The van der Waals surface area contributed by atoms with E-state index in [4.69, 9.17) is 16.3 Å². The number of thiazole rings is 1. The molecule has 0 aliphatic carbocycles. The van der Waals surface area contributed by atoms with Gasteiger partial charge in [0.1, 0.15) is 11.3 Å². The number of methoxy groups -OCH3 is 1. The summed E-state index contributed by atoms with van der Waals surface area (Å²) < 4.78 is 34.5. The third kappa shape index (κ3) is 6.57. The van der Waals surface area contributed by atoms with Crippen molar-refractivity contribution in [3.05, 3.63) is 76.8 Å². The number of nitrogens with one attached hydrogen (secondary N) is 1. The maximum Gasteiger partial charge on any atom is 0.261 e. The van der Waals surface area contributed by atoms with Crippen LogP contribution < -0.4 is 14.4 Å². The molecule has 38 heavy (non-hydrogen) atoms. The maximum atomic E-state index is 13.7. The standard InChI is InChI=1S/C26H27ClN4O4S2.ClH/c1-17-8-10-20(11-9-17)37(33,34)29-19-7-5-6-18(16-19)25(32)31(15-14-30(2)3)26-28-23-22(35-4)13-12-21(27)24(23)36-26;/h5-13,16,29H,14-15H2,1-4H3;1H. The van der Waals surface area contributed by atoms with Crippen molar-refractivity contribution < 1.29 is 17.9 Å². The van der Waals surface area contributed by atoms with E-state index in [1.165, 1.54) is 17.4 Å². The van der Waals surface area contributed by atoms with Crippen LogP contribution in [-0.4, -0.2) is 58.5 Å². The number of sulfonamides is 1. The third-order valence-electron chi connectivity index (χ3n) is 5.61. The Bertz CT molecular complexity index is 1540. The number of anilines is 2. The number of rotatable bonds is 9. The molecule has 0 radical (unpaired) electrons. The molecule has 0 aliphatic heterocycles. The minimum atomic E-state index is -3.82. The molecule has 0 unspecified atom stereocenters.